The second kappa shape index (κ2) is 16.8. The Morgan fingerprint density at radius 2 is 1.48 bits per heavy atom. The second-order valence-corrected chi connectivity index (χ2v) is 7.48. The highest BCUT2D eigenvalue weighted by molar-refractivity contribution is 5.62. The number of unbranched alkanes of at least 4 members (excludes halogenated alkanes) is 12. The molecule has 1 aliphatic rings. The van der Waals surface area contributed by atoms with E-state index in [1.165, 1.54) is 89.9 Å². The predicted molar refractivity (Wildman–Crippen MR) is 112 cm³/mol. The van der Waals surface area contributed by atoms with E-state index in [0.29, 0.717) is 6.17 Å². The average Bonchev–Trinajstić information content (AvgIpc) is 3.06. The van der Waals surface area contributed by atoms with Gasteiger partial charge in [-0.25, -0.2) is 0 Å². The van der Waals surface area contributed by atoms with Crippen molar-refractivity contribution in [1.29, 1.82) is 0 Å². The normalized spacial score (nSPS) is 17.9. The Balaban J connectivity index is 1.77. The van der Waals surface area contributed by atoms with Gasteiger partial charge in [-0.3, -0.25) is 9.89 Å². The van der Waals surface area contributed by atoms with Gasteiger partial charge in [0.15, 0.2) is 0 Å². The molecular weight excluding hydrogens is 306 g/mol. The molecule has 0 radical (unpaired) electrons. The van der Waals surface area contributed by atoms with Crippen LogP contribution in [0.2, 0.25) is 0 Å². The fourth-order valence-electron chi connectivity index (χ4n) is 3.68. The first kappa shape index (κ1) is 22.4. The molecule has 0 aromatic carbocycles. The van der Waals surface area contributed by atoms with Crippen molar-refractivity contribution in [3.05, 3.63) is 12.2 Å². The lowest BCUT2D eigenvalue weighted by molar-refractivity contribution is 0.241. The molecular formula is C22H43N3. The number of aliphatic imine (C=N–C) groups is 1. The average molecular weight is 350 g/mol. The summed E-state index contributed by atoms with van der Waals surface area (Å²) in [5.74, 6) is 0. The van der Waals surface area contributed by atoms with Crippen molar-refractivity contribution in [3.63, 3.8) is 0 Å². The molecule has 1 rings (SSSR count). The lowest BCUT2D eigenvalue weighted by Crippen LogP contribution is -2.34. The molecule has 0 saturated carbocycles. The molecule has 1 atom stereocenters. The highest BCUT2D eigenvalue weighted by atomic mass is 15.3. The molecule has 0 aliphatic carbocycles. The number of nitrogens with two attached hydrogens (primary N) is 1. The van der Waals surface area contributed by atoms with Crippen molar-refractivity contribution in [3.8, 4) is 0 Å². The SMILES string of the molecule is C/C=C/CCCCCCCCCCCCCCC1N=CCN1CCN. The van der Waals surface area contributed by atoms with Crippen LogP contribution in [0.25, 0.3) is 0 Å². The fraction of sp³-hybridized carbons (Fsp3) is 0.864. The Hall–Kier alpha value is -0.670. The zero-order valence-electron chi connectivity index (χ0n) is 16.8. The molecule has 0 saturated heterocycles. The first-order chi connectivity index (χ1) is 12.4. The van der Waals surface area contributed by atoms with Gasteiger partial charge in [-0.1, -0.05) is 76.4 Å². The van der Waals surface area contributed by atoms with Gasteiger partial charge in [-0.15, -0.1) is 0 Å². The third-order valence-corrected chi connectivity index (χ3v) is 5.25. The minimum Gasteiger partial charge on any atom is -0.329 e. The van der Waals surface area contributed by atoms with Gasteiger partial charge in [0.1, 0.15) is 6.17 Å². The van der Waals surface area contributed by atoms with E-state index in [0.717, 1.165) is 19.6 Å². The number of allylic oxidation sites excluding steroid dienone is 2. The minimum atomic E-state index is 0.418. The van der Waals surface area contributed by atoms with E-state index in [2.05, 4.69) is 35.2 Å². The zero-order chi connectivity index (χ0) is 18.0. The lowest BCUT2D eigenvalue weighted by Gasteiger charge is -2.21. The van der Waals surface area contributed by atoms with Gasteiger partial charge in [-0.05, 0) is 32.6 Å². The van der Waals surface area contributed by atoms with E-state index in [9.17, 15) is 0 Å². The smallest absolute Gasteiger partial charge is 0.102 e. The van der Waals surface area contributed by atoms with Crippen LogP contribution in [0.15, 0.2) is 17.1 Å². The lowest BCUT2D eigenvalue weighted by atomic mass is 10.0. The summed E-state index contributed by atoms with van der Waals surface area (Å²) < 4.78 is 0. The Morgan fingerprint density at radius 1 is 0.920 bits per heavy atom. The van der Waals surface area contributed by atoms with Gasteiger partial charge < -0.3 is 5.73 Å². The Morgan fingerprint density at radius 3 is 2.04 bits per heavy atom. The topological polar surface area (TPSA) is 41.6 Å². The second-order valence-electron chi connectivity index (χ2n) is 7.48. The molecule has 0 amide bonds. The summed E-state index contributed by atoms with van der Waals surface area (Å²) in [6.07, 6.45) is 26.3. The number of hydrogen-bond donors (Lipinski definition) is 1. The minimum absolute atomic E-state index is 0.418. The molecule has 0 bridgehead atoms. The van der Waals surface area contributed by atoms with Crippen LogP contribution in [0, 0.1) is 0 Å². The van der Waals surface area contributed by atoms with Crippen LogP contribution >= 0.6 is 0 Å². The third-order valence-electron chi connectivity index (χ3n) is 5.25. The quantitative estimate of drug-likeness (QED) is 0.270. The molecule has 0 fully saturated rings. The van der Waals surface area contributed by atoms with Crippen molar-refractivity contribution in [1.82, 2.24) is 4.90 Å². The molecule has 3 nitrogen and oxygen atoms in total. The van der Waals surface area contributed by atoms with Crippen LogP contribution in [0.5, 0.6) is 0 Å². The zero-order valence-corrected chi connectivity index (χ0v) is 16.8. The van der Waals surface area contributed by atoms with Crippen LogP contribution in [0.1, 0.15) is 96.8 Å². The molecule has 0 aromatic rings. The summed E-state index contributed by atoms with van der Waals surface area (Å²) in [5.41, 5.74) is 5.66. The maximum atomic E-state index is 5.66. The van der Waals surface area contributed by atoms with Crippen LogP contribution in [-0.4, -0.2) is 36.9 Å². The van der Waals surface area contributed by atoms with Crippen LogP contribution in [0.3, 0.4) is 0 Å². The van der Waals surface area contributed by atoms with Gasteiger partial charge in [0.05, 0.1) is 0 Å². The number of nitrogens with zero attached hydrogens (tertiary/aromatic N) is 2. The summed E-state index contributed by atoms with van der Waals surface area (Å²) in [4.78, 5) is 6.98. The van der Waals surface area contributed by atoms with Gasteiger partial charge in [0, 0.05) is 25.8 Å². The molecule has 0 aromatic heterocycles. The van der Waals surface area contributed by atoms with E-state index in [1.54, 1.807) is 0 Å². The molecule has 25 heavy (non-hydrogen) atoms. The van der Waals surface area contributed by atoms with Gasteiger partial charge in [0.2, 0.25) is 0 Å². The summed E-state index contributed by atoms with van der Waals surface area (Å²) >= 11 is 0. The summed E-state index contributed by atoms with van der Waals surface area (Å²) in [6.45, 7) is 4.84. The van der Waals surface area contributed by atoms with Crippen molar-refractivity contribution in [2.45, 2.75) is 103 Å². The maximum absolute atomic E-state index is 5.66. The Labute approximate surface area is 157 Å². The van der Waals surface area contributed by atoms with E-state index >= 15 is 0 Å². The summed E-state index contributed by atoms with van der Waals surface area (Å²) in [7, 11) is 0. The van der Waals surface area contributed by atoms with E-state index in [1.807, 2.05) is 0 Å². The molecule has 1 unspecified atom stereocenters. The first-order valence-corrected chi connectivity index (χ1v) is 11.0. The van der Waals surface area contributed by atoms with Crippen LogP contribution in [-0.2, 0) is 0 Å². The number of hydrogen-bond acceptors (Lipinski definition) is 3. The molecule has 1 heterocycles. The molecule has 146 valence electrons. The predicted octanol–water partition coefficient (Wildman–Crippen LogP) is 5.70. The van der Waals surface area contributed by atoms with E-state index in [4.69, 9.17) is 5.73 Å². The standard InChI is InChI=1S/C22H43N3/c1-2-3-4-5-6-7-8-9-10-11-12-13-14-15-16-17-22-24-19-21-25(22)20-18-23/h2-3,19,22H,4-18,20-21,23H2,1H3/b3-2+. The molecule has 1 aliphatic heterocycles. The van der Waals surface area contributed by atoms with Crippen LogP contribution < -0.4 is 5.73 Å². The molecule has 2 N–H and O–H groups in total. The van der Waals surface area contributed by atoms with Gasteiger partial charge in [-0.2, -0.15) is 0 Å². The van der Waals surface area contributed by atoms with E-state index in [-0.39, 0.29) is 0 Å². The Bertz CT molecular complexity index is 338. The maximum Gasteiger partial charge on any atom is 0.102 e. The fourth-order valence-corrected chi connectivity index (χ4v) is 3.68. The van der Waals surface area contributed by atoms with Gasteiger partial charge in [0.25, 0.3) is 0 Å². The van der Waals surface area contributed by atoms with Gasteiger partial charge >= 0.3 is 0 Å². The monoisotopic (exact) mass is 349 g/mol. The van der Waals surface area contributed by atoms with Crippen molar-refractivity contribution in [2.75, 3.05) is 19.6 Å². The highest BCUT2D eigenvalue weighted by Crippen LogP contribution is 2.16. The summed E-state index contributed by atoms with van der Waals surface area (Å²) in [6, 6.07) is 0. The van der Waals surface area contributed by atoms with E-state index < -0.39 is 0 Å². The van der Waals surface area contributed by atoms with Crippen molar-refractivity contribution in [2.24, 2.45) is 10.7 Å². The summed E-state index contributed by atoms with van der Waals surface area (Å²) in [5, 5.41) is 0. The molecule has 3 heteroatoms. The third kappa shape index (κ3) is 12.3. The Kier molecular flexibility index (Phi) is 15.0. The molecule has 0 spiro atoms. The van der Waals surface area contributed by atoms with Crippen molar-refractivity contribution < 1.29 is 0 Å². The van der Waals surface area contributed by atoms with Crippen LogP contribution in [0.4, 0.5) is 0 Å². The van der Waals surface area contributed by atoms with Crippen molar-refractivity contribution >= 4 is 6.21 Å². The number of rotatable bonds is 17. The first-order valence-electron chi connectivity index (χ1n) is 11.0. The largest absolute Gasteiger partial charge is 0.329 e. The highest BCUT2D eigenvalue weighted by Gasteiger charge is 2.19.